The van der Waals surface area contributed by atoms with Gasteiger partial charge in [-0.1, -0.05) is 6.92 Å². The van der Waals surface area contributed by atoms with Gasteiger partial charge in [-0.25, -0.2) is 9.78 Å². The Bertz CT molecular complexity index is 520. The largest absolute Gasteiger partial charge is 0.331 e. The van der Waals surface area contributed by atoms with Crippen LogP contribution in [-0.4, -0.2) is 25.8 Å². The van der Waals surface area contributed by atoms with Gasteiger partial charge in [-0.2, -0.15) is 4.98 Å². The minimum atomic E-state index is -0.335. The first kappa shape index (κ1) is 12.5. The number of anilines is 1. The standard InChI is InChI=1S/C10H14N6OS/c1-3-7-13-9(15-16(7)2)14-10(17)12-6-8-11-4-5-18-8/h4-5H,3,6H2,1-2H3,(H2,12,14,15,17). The smallest absolute Gasteiger partial charge is 0.322 e. The van der Waals surface area contributed by atoms with E-state index < -0.39 is 0 Å². The number of aromatic nitrogens is 4. The molecule has 0 bridgehead atoms. The van der Waals surface area contributed by atoms with Crippen molar-refractivity contribution in [2.24, 2.45) is 7.05 Å². The van der Waals surface area contributed by atoms with Crippen molar-refractivity contribution in [3.8, 4) is 0 Å². The van der Waals surface area contributed by atoms with Crippen LogP contribution in [-0.2, 0) is 20.0 Å². The normalized spacial score (nSPS) is 10.3. The Kier molecular flexibility index (Phi) is 3.88. The van der Waals surface area contributed by atoms with Gasteiger partial charge in [-0.3, -0.25) is 10.00 Å². The number of nitrogens with one attached hydrogen (secondary N) is 2. The molecule has 2 aromatic heterocycles. The van der Waals surface area contributed by atoms with Crippen LogP contribution in [0.25, 0.3) is 0 Å². The van der Waals surface area contributed by atoms with Crippen LogP contribution in [0.4, 0.5) is 10.7 Å². The van der Waals surface area contributed by atoms with Gasteiger partial charge in [0.15, 0.2) is 0 Å². The molecule has 0 saturated carbocycles. The Labute approximate surface area is 108 Å². The van der Waals surface area contributed by atoms with E-state index in [1.54, 1.807) is 17.9 Å². The van der Waals surface area contributed by atoms with Gasteiger partial charge in [-0.15, -0.1) is 16.4 Å². The van der Waals surface area contributed by atoms with Crippen LogP contribution in [0, 0.1) is 0 Å². The van der Waals surface area contributed by atoms with Gasteiger partial charge in [0.05, 0.1) is 6.54 Å². The zero-order valence-electron chi connectivity index (χ0n) is 10.2. The molecule has 0 aliphatic carbocycles. The lowest BCUT2D eigenvalue weighted by molar-refractivity contribution is 0.251. The van der Waals surface area contributed by atoms with Crippen LogP contribution >= 0.6 is 11.3 Å². The van der Waals surface area contributed by atoms with Crippen molar-refractivity contribution < 1.29 is 4.79 Å². The quantitative estimate of drug-likeness (QED) is 0.869. The van der Waals surface area contributed by atoms with E-state index in [0.29, 0.717) is 12.5 Å². The van der Waals surface area contributed by atoms with Crippen molar-refractivity contribution in [2.45, 2.75) is 19.9 Å². The number of hydrogen-bond acceptors (Lipinski definition) is 5. The van der Waals surface area contributed by atoms with E-state index in [4.69, 9.17) is 0 Å². The van der Waals surface area contributed by atoms with Crippen LogP contribution in [0.3, 0.4) is 0 Å². The Hall–Kier alpha value is -1.96. The topological polar surface area (TPSA) is 84.7 Å². The third-order valence-electron chi connectivity index (χ3n) is 2.28. The second-order valence-electron chi connectivity index (χ2n) is 3.56. The molecule has 7 nitrogen and oxygen atoms in total. The molecule has 2 aromatic rings. The zero-order valence-corrected chi connectivity index (χ0v) is 11.0. The van der Waals surface area contributed by atoms with E-state index in [2.05, 4.69) is 25.7 Å². The number of carbonyl (C=O) groups is 1. The number of aryl methyl sites for hydroxylation is 2. The van der Waals surface area contributed by atoms with Crippen molar-refractivity contribution >= 4 is 23.3 Å². The monoisotopic (exact) mass is 266 g/mol. The molecule has 18 heavy (non-hydrogen) atoms. The Morgan fingerprint density at radius 3 is 3.00 bits per heavy atom. The molecule has 0 fully saturated rings. The van der Waals surface area contributed by atoms with Crippen molar-refractivity contribution in [1.82, 2.24) is 25.1 Å². The summed E-state index contributed by atoms with van der Waals surface area (Å²) in [4.78, 5) is 19.8. The van der Waals surface area contributed by atoms with Gasteiger partial charge in [-0.05, 0) is 0 Å². The average Bonchev–Trinajstić information content (AvgIpc) is 2.96. The Balaban J connectivity index is 1.86. The van der Waals surface area contributed by atoms with Crippen LogP contribution < -0.4 is 10.6 Å². The molecule has 0 spiro atoms. The fourth-order valence-electron chi connectivity index (χ4n) is 1.42. The maximum absolute atomic E-state index is 11.6. The summed E-state index contributed by atoms with van der Waals surface area (Å²) in [6.45, 7) is 2.38. The minimum absolute atomic E-state index is 0.311. The molecule has 0 saturated heterocycles. The first-order valence-electron chi connectivity index (χ1n) is 5.52. The number of rotatable bonds is 4. The number of urea groups is 1. The number of nitrogens with zero attached hydrogens (tertiary/aromatic N) is 4. The van der Waals surface area contributed by atoms with Crippen LogP contribution in [0.15, 0.2) is 11.6 Å². The zero-order chi connectivity index (χ0) is 13.0. The maximum Gasteiger partial charge on any atom is 0.322 e. The summed E-state index contributed by atoms with van der Waals surface area (Å²) >= 11 is 1.49. The highest BCUT2D eigenvalue weighted by atomic mass is 32.1. The van der Waals surface area contributed by atoms with Crippen LogP contribution in [0.1, 0.15) is 17.8 Å². The molecule has 0 radical (unpaired) electrons. The van der Waals surface area contributed by atoms with Gasteiger partial charge >= 0.3 is 6.03 Å². The summed E-state index contributed by atoms with van der Waals surface area (Å²) in [7, 11) is 1.80. The molecule has 0 aromatic carbocycles. The molecule has 0 aliphatic rings. The van der Waals surface area contributed by atoms with Crippen LogP contribution in [0.5, 0.6) is 0 Å². The summed E-state index contributed by atoms with van der Waals surface area (Å²) in [5, 5.41) is 12.1. The molecule has 0 unspecified atom stereocenters. The number of thiazole rings is 1. The molecule has 2 N–H and O–H groups in total. The molecular formula is C10H14N6OS. The first-order valence-corrected chi connectivity index (χ1v) is 6.40. The highest BCUT2D eigenvalue weighted by molar-refractivity contribution is 7.09. The minimum Gasteiger partial charge on any atom is -0.331 e. The SMILES string of the molecule is CCc1nc(NC(=O)NCc2nccs2)nn1C. The van der Waals surface area contributed by atoms with Crippen molar-refractivity contribution in [2.75, 3.05) is 5.32 Å². The molecule has 8 heteroatoms. The summed E-state index contributed by atoms with van der Waals surface area (Å²) < 4.78 is 1.65. The van der Waals surface area contributed by atoms with Gasteiger partial charge in [0.2, 0.25) is 5.95 Å². The summed E-state index contributed by atoms with van der Waals surface area (Å²) in [5.74, 6) is 1.14. The highest BCUT2D eigenvalue weighted by Gasteiger charge is 2.08. The third-order valence-corrected chi connectivity index (χ3v) is 3.06. The second-order valence-corrected chi connectivity index (χ2v) is 4.54. The third kappa shape index (κ3) is 3.04. The lowest BCUT2D eigenvalue weighted by atomic mass is 10.5. The predicted molar refractivity (Wildman–Crippen MR) is 68.4 cm³/mol. The van der Waals surface area contributed by atoms with Gasteiger partial charge in [0.25, 0.3) is 0 Å². The van der Waals surface area contributed by atoms with Gasteiger partial charge in [0, 0.05) is 25.0 Å². The molecule has 2 amide bonds. The lowest BCUT2D eigenvalue weighted by Crippen LogP contribution is -2.28. The number of carbonyl (C=O) groups excluding carboxylic acids is 1. The molecule has 2 rings (SSSR count). The van der Waals surface area contributed by atoms with E-state index >= 15 is 0 Å². The van der Waals surface area contributed by atoms with E-state index in [0.717, 1.165) is 17.3 Å². The summed E-state index contributed by atoms with van der Waals surface area (Å²) in [6.07, 6.45) is 2.47. The van der Waals surface area contributed by atoms with E-state index in [-0.39, 0.29) is 6.03 Å². The van der Waals surface area contributed by atoms with Gasteiger partial charge in [0.1, 0.15) is 10.8 Å². The van der Waals surface area contributed by atoms with Crippen LogP contribution in [0.2, 0.25) is 0 Å². The molecule has 0 atom stereocenters. The van der Waals surface area contributed by atoms with E-state index in [1.807, 2.05) is 12.3 Å². The molecular weight excluding hydrogens is 252 g/mol. The maximum atomic E-state index is 11.6. The van der Waals surface area contributed by atoms with E-state index in [9.17, 15) is 4.79 Å². The number of hydrogen-bond donors (Lipinski definition) is 2. The summed E-state index contributed by atoms with van der Waals surface area (Å²) in [5.41, 5.74) is 0. The van der Waals surface area contributed by atoms with Crippen molar-refractivity contribution in [3.63, 3.8) is 0 Å². The lowest BCUT2D eigenvalue weighted by Gasteiger charge is -2.02. The molecule has 2 heterocycles. The van der Waals surface area contributed by atoms with Crippen molar-refractivity contribution in [1.29, 1.82) is 0 Å². The fraction of sp³-hybridized carbons (Fsp3) is 0.400. The highest BCUT2D eigenvalue weighted by Crippen LogP contribution is 2.04. The first-order chi connectivity index (χ1) is 8.69. The summed E-state index contributed by atoms with van der Waals surface area (Å²) in [6, 6.07) is -0.335. The van der Waals surface area contributed by atoms with Gasteiger partial charge < -0.3 is 5.32 Å². The Morgan fingerprint density at radius 2 is 2.39 bits per heavy atom. The number of amides is 2. The Morgan fingerprint density at radius 1 is 1.56 bits per heavy atom. The van der Waals surface area contributed by atoms with E-state index in [1.165, 1.54) is 11.3 Å². The fourth-order valence-corrected chi connectivity index (χ4v) is 1.98. The second kappa shape index (κ2) is 5.58. The predicted octanol–water partition coefficient (Wildman–Crippen LogP) is 1.16. The average molecular weight is 266 g/mol. The van der Waals surface area contributed by atoms with Crippen molar-refractivity contribution in [3.05, 3.63) is 22.4 Å². The molecule has 96 valence electrons. The molecule has 0 aliphatic heterocycles.